The molecule has 3 aromatic rings. The minimum Gasteiger partial charge on any atom is -0.493 e. The summed E-state index contributed by atoms with van der Waals surface area (Å²) in [6.07, 6.45) is 5.42. The lowest BCUT2D eigenvalue weighted by molar-refractivity contribution is 0.107. The minimum absolute atomic E-state index is 0.0841. The molecule has 7 heteroatoms. The predicted molar refractivity (Wildman–Crippen MR) is 114 cm³/mol. The van der Waals surface area contributed by atoms with Crippen LogP contribution >= 0.6 is 0 Å². The monoisotopic (exact) mass is 406 g/mol. The number of ether oxygens (including phenoxy) is 3. The Morgan fingerprint density at radius 2 is 1.67 bits per heavy atom. The molecule has 1 aliphatic rings. The van der Waals surface area contributed by atoms with E-state index in [-0.39, 0.29) is 6.10 Å². The van der Waals surface area contributed by atoms with Crippen molar-refractivity contribution in [2.45, 2.75) is 25.9 Å². The number of piperidine rings is 1. The van der Waals surface area contributed by atoms with Crippen molar-refractivity contribution >= 4 is 0 Å². The zero-order valence-corrected chi connectivity index (χ0v) is 17.5. The van der Waals surface area contributed by atoms with E-state index in [0.29, 0.717) is 34.6 Å². The molecule has 0 N–H and O–H groups in total. The van der Waals surface area contributed by atoms with E-state index < -0.39 is 0 Å². The molecule has 0 amide bonds. The van der Waals surface area contributed by atoms with Crippen molar-refractivity contribution in [2.75, 3.05) is 27.2 Å². The van der Waals surface area contributed by atoms with Crippen molar-refractivity contribution in [3.05, 3.63) is 54.5 Å². The Bertz CT molecular complexity index is 989. The highest BCUT2D eigenvalue weighted by Gasteiger charge is 2.24. The van der Waals surface area contributed by atoms with E-state index in [4.69, 9.17) is 19.2 Å². The zero-order chi connectivity index (χ0) is 20.9. The van der Waals surface area contributed by atoms with Crippen molar-refractivity contribution in [1.29, 1.82) is 0 Å². The van der Waals surface area contributed by atoms with Crippen molar-refractivity contribution in [3.8, 4) is 34.5 Å². The summed E-state index contributed by atoms with van der Waals surface area (Å²) in [4.78, 5) is 15.8. The highest BCUT2D eigenvalue weighted by Crippen LogP contribution is 2.38. The first-order chi connectivity index (χ1) is 14.6. The van der Waals surface area contributed by atoms with E-state index in [0.717, 1.165) is 31.5 Å². The first-order valence-corrected chi connectivity index (χ1v) is 10.1. The van der Waals surface area contributed by atoms with Gasteiger partial charge in [-0.1, -0.05) is 12.1 Å². The van der Waals surface area contributed by atoms with Gasteiger partial charge in [-0.3, -0.25) is 4.98 Å². The lowest BCUT2D eigenvalue weighted by Gasteiger charge is -2.29. The van der Waals surface area contributed by atoms with Gasteiger partial charge in [-0.2, -0.15) is 4.98 Å². The molecule has 1 aromatic carbocycles. The van der Waals surface area contributed by atoms with E-state index in [9.17, 15) is 0 Å². The molecular weight excluding hydrogens is 380 g/mol. The maximum atomic E-state index is 6.36. The number of nitrogens with zero attached hydrogens (tertiary/aromatic N) is 4. The number of para-hydroxylation sites is 2. The van der Waals surface area contributed by atoms with Crippen LogP contribution in [0.15, 0.2) is 48.8 Å². The van der Waals surface area contributed by atoms with Crippen LogP contribution in [0, 0.1) is 6.92 Å². The van der Waals surface area contributed by atoms with E-state index in [2.05, 4.69) is 21.9 Å². The second-order valence-electron chi connectivity index (χ2n) is 7.38. The number of likely N-dealkylation sites (tertiary alicyclic amines) is 1. The average Bonchev–Trinajstić information content (AvgIpc) is 2.78. The van der Waals surface area contributed by atoms with Gasteiger partial charge < -0.3 is 19.1 Å². The van der Waals surface area contributed by atoms with Crippen LogP contribution in [-0.4, -0.2) is 53.2 Å². The molecule has 0 aliphatic carbocycles. The third-order valence-electron chi connectivity index (χ3n) is 5.17. The van der Waals surface area contributed by atoms with Gasteiger partial charge >= 0.3 is 0 Å². The van der Waals surface area contributed by atoms with Crippen LogP contribution in [0.1, 0.15) is 18.5 Å². The molecule has 0 saturated carbocycles. The maximum absolute atomic E-state index is 6.36. The Kier molecular flexibility index (Phi) is 6.09. The summed E-state index contributed by atoms with van der Waals surface area (Å²) >= 11 is 0. The van der Waals surface area contributed by atoms with Crippen molar-refractivity contribution in [1.82, 2.24) is 19.9 Å². The van der Waals surface area contributed by atoms with E-state index in [1.165, 1.54) is 0 Å². The third-order valence-corrected chi connectivity index (χ3v) is 5.17. The van der Waals surface area contributed by atoms with Crippen LogP contribution in [0.4, 0.5) is 0 Å². The van der Waals surface area contributed by atoms with Gasteiger partial charge in [0.1, 0.15) is 6.10 Å². The molecule has 0 unspecified atom stereocenters. The van der Waals surface area contributed by atoms with Crippen molar-refractivity contribution < 1.29 is 14.2 Å². The normalized spacial score (nSPS) is 15.0. The fourth-order valence-corrected chi connectivity index (χ4v) is 3.44. The zero-order valence-electron chi connectivity index (χ0n) is 17.5. The quantitative estimate of drug-likeness (QED) is 0.610. The minimum atomic E-state index is 0.0841. The molecule has 1 saturated heterocycles. The molecule has 7 nitrogen and oxygen atoms in total. The highest BCUT2D eigenvalue weighted by molar-refractivity contribution is 5.57. The number of benzene rings is 1. The molecule has 4 rings (SSSR count). The summed E-state index contributed by atoms with van der Waals surface area (Å²) in [5, 5.41) is 0. The molecule has 1 fully saturated rings. The molecule has 156 valence electrons. The number of rotatable bonds is 6. The second-order valence-corrected chi connectivity index (χ2v) is 7.38. The summed E-state index contributed by atoms with van der Waals surface area (Å²) in [6, 6.07) is 11.3. The maximum Gasteiger partial charge on any atom is 0.262 e. The Labute approximate surface area is 176 Å². The second kappa shape index (κ2) is 9.09. The van der Waals surface area contributed by atoms with Gasteiger partial charge in [-0.05, 0) is 51.1 Å². The van der Waals surface area contributed by atoms with Crippen LogP contribution in [0.2, 0.25) is 0 Å². The smallest absolute Gasteiger partial charge is 0.262 e. The molecule has 2 aromatic heterocycles. The van der Waals surface area contributed by atoms with Gasteiger partial charge in [0, 0.05) is 31.0 Å². The molecular formula is C23H26N4O3. The molecule has 1 aliphatic heterocycles. The highest BCUT2D eigenvalue weighted by atomic mass is 16.5. The fourth-order valence-electron chi connectivity index (χ4n) is 3.44. The standard InChI is InChI=1S/C23H26N4O3/c1-16-21(30-20-7-5-4-6-19(20)28-3)23(29-18-10-14-27(2)15-11-18)26-22(25-16)17-8-12-24-13-9-17/h4-9,12-13,18H,10-11,14-15H2,1-3H3. The molecule has 0 atom stereocenters. The van der Waals surface area contributed by atoms with Gasteiger partial charge in [0.15, 0.2) is 17.3 Å². The van der Waals surface area contributed by atoms with Gasteiger partial charge in [-0.15, -0.1) is 0 Å². The summed E-state index contributed by atoms with van der Waals surface area (Å²) in [5.41, 5.74) is 1.58. The molecule has 30 heavy (non-hydrogen) atoms. The predicted octanol–water partition coefficient (Wildman–Crippen LogP) is 4.12. The topological polar surface area (TPSA) is 69.6 Å². The van der Waals surface area contributed by atoms with Crippen LogP contribution in [-0.2, 0) is 0 Å². The number of hydrogen-bond donors (Lipinski definition) is 0. The largest absolute Gasteiger partial charge is 0.493 e. The van der Waals surface area contributed by atoms with Gasteiger partial charge in [-0.25, -0.2) is 4.98 Å². The number of aromatic nitrogens is 3. The van der Waals surface area contributed by atoms with Crippen LogP contribution < -0.4 is 14.2 Å². The lowest BCUT2D eigenvalue weighted by Crippen LogP contribution is -2.35. The van der Waals surface area contributed by atoms with Crippen LogP contribution in [0.5, 0.6) is 23.1 Å². The third kappa shape index (κ3) is 4.52. The van der Waals surface area contributed by atoms with Gasteiger partial charge in [0.05, 0.1) is 12.8 Å². The summed E-state index contributed by atoms with van der Waals surface area (Å²) in [5.74, 6) is 2.79. The van der Waals surface area contributed by atoms with Crippen LogP contribution in [0.25, 0.3) is 11.4 Å². The van der Waals surface area contributed by atoms with Crippen molar-refractivity contribution in [3.63, 3.8) is 0 Å². The molecule has 0 bridgehead atoms. The summed E-state index contributed by atoms with van der Waals surface area (Å²) < 4.78 is 18.0. The van der Waals surface area contributed by atoms with Crippen molar-refractivity contribution in [2.24, 2.45) is 0 Å². The summed E-state index contributed by atoms with van der Waals surface area (Å²) in [7, 11) is 3.75. The first kappa shape index (κ1) is 20.1. The Balaban J connectivity index is 1.71. The Morgan fingerprint density at radius 3 is 2.37 bits per heavy atom. The Hall–Kier alpha value is -3.19. The number of hydrogen-bond acceptors (Lipinski definition) is 7. The van der Waals surface area contributed by atoms with Crippen LogP contribution in [0.3, 0.4) is 0 Å². The molecule has 0 radical (unpaired) electrons. The Morgan fingerprint density at radius 1 is 0.967 bits per heavy atom. The number of aryl methyl sites for hydroxylation is 1. The van der Waals surface area contributed by atoms with E-state index in [1.807, 2.05) is 43.3 Å². The lowest BCUT2D eigenvalue weighted by atomic mass is 10.1. The fraction of sp³-hybridized carbons (Fsp3) is 0.348. The molecule has 0 spiro atoms. The number of methoxy groups -OCH3 is 1. The first-order valence-electron chi connectivity index (χ1n) is 10.1. The number of pyridine rings is 1. The SMILES string of the molecule is COc1ccccc1Oc1c(C)nc(-c2ccncc2)nc1OC1CCN(C)CC1. The van der Waals surface area contributed by atoms with E-state index >= 15 is 0 Å². The average molecular weight is 406 g/mol. The van der Waals surface area contributed by atoms with Gasteiger partial charge in [0.25, 0.3) is 5.88 Å². The van der Waals surface area contributed by atoms with E-state index in [1.54, 1.807) is 19.5 Å². The summed E-state index contributed by atoms with van der Waals surface area (Å²) in [6.45, 7) is 3.89. The molecule has 3 heterocycles. The van der Waals surface area contributed by atoms with Gasteiger partial charge in [0.2, 0.25) is 5.75 Å².